The Morgan fingerprint density at radius 2 is 1.82 bits per heavy atom. The monoisotopic (exact) mass is 452 g/mol. The van der Waals surface area contributed by atoms with Gasteiger partial charge in [0.1, 0.15) is 0 Å². The van der Waals surface area contributed by atoms with Crippen LogP contribution in [0.4, 0.5) is 15.3 Å². The van der Waals surface area contributed by atoms with E-state index in [0.717, 1.165) is 63.8 Å². The Balaban J connectivity index is 0.00000274. The lowest BCUT2D eigenvalue weighted by Crippen LogP contribution is -2.55. The molecule has 7 nitrogen and oxygen atoms in total. The van der Waals surface area contributed by atoms with E-state index in [1.807, 2.05) is 30.0 Å². The number of nitrogens with zero attached hydrogens (tertiary/aromatic N) is 4. The van der Waals surface area contributed by atoms with Gasteiger partial charge in [0.2, 0.25) is 0 Å². The summed E-state index contributed by atoms with van der Waals surface area (Å²) in [6, 6.07) is 9.52. The second-order valence-corrected chi connectivity index (χ2v) is 10.3. The van der Waals surface area contributed by atoms with Crippen LogP contribution in [0.1, 0.15) is 45.5 Å². The van der Waals surface area contributed by atoms with Crippen molar-refractivity contribution in [3.63, 3.8) is 0 Å². The van der Waals surface area contributed by atoms with Crippen LogP contribution in [0.25, 0.3) is 0 Å². The van der Waals surface area contributed by atoms with E-state index in [0.29, 0.717) is 6.04 Å². The summed E-state index contributed by atoms with van der Waals surface area (Å²) >= 11 is 0. The molecule has 3 amide bonds. The van der Waals surface area contributed by atoms with E-state index in [1.54, 1.807) is 4.90 Å². The molecule has 3 saturated heterocycles. The van der Waals surface area contributed by atoms with Gasteiger partial charge in [0, 0.05) is 51.3 Å². The van der Waals surface area contributed by atoms with Crippen molar-refractivity contribution in [3.8, 4) is 12.3 Å². The molecule has 1 aromatic carbocycles. The first kappa shape index (κ1) is 22.1. The molecule has 2 atom stereocenters. The number of rotatable bonds is 2. The summed E-state index contributed by atoms with van der Waals surface area (Å²) in [6.07, 6.45) is 11.3. The Hall–Kier alpha value is -2.72. The van der Waals surface area contributed by atoms with Gasteiger partial charge in [-0.2, -0.15) is 0 Å². The molecule has 3 fully saturated rings. The summed E-state index contributed by atoms with van der Waals surface area (Å²) in [4.78, 5) is 33.6. The van der Waals surface area contributed by atoms with Crippen LogP contribution in [0.2, 0.25) is 0 Å². The molecule has 33 heavy (non-hydrogen) atoms. The Labute approximate surface area is 198 Å². The minimum absolute atomic E-state index is 0. The van der Waals surface area contributed by atoms with Crippen LogP contribution in [0.3, 0.4) is 0 Å². The number of urea groups is 1. The molecule has 5 rings (SSSR count). The van der Waals surface area contributed by atoms with E-state index < -0.39 is 0 Å². The Morgan fingerprint density at radius 1 is 1.15 bits per heavy atom. The van der Waals surface area contributed by atoms with Crippen molar-refractivity contribution >= 4 is 17.8 Å². The summed E-state index contributed by atoms with van der Waals surface area (Å²) in [5, 5.41) is 0. The first-order valence-corrected chi connectivity index (χ1v) is 12.1. The van der Waals surface area contributed by atoms with E-state index in [-0.39, 0.29) is 37.7 Å². The average Bonchev–Trinajstić information content (AvgIpc) is 3.28. The third-order valence-electron chi connectivity index (χ3n) is 8.31. The fraction of sp³-hybridized carbons (Fsp3) is 0.615. The molecule has 1 aromatic rings. The number of benzene rings is 1. The Morgan fingerprint density at radius 3 is 2.45 bits per heavy atom. The fourth-order valence-corrected chi connectivity index (χ4v) is 6.71. The van der Waals surface area contributed by atoms with Crippen LogP contribution >= 0.6 is 0 Å². The molecule has 0 N–H and O–H groups in total. The molecule has 4 aliphatic heterocycles. The highest BCUT2D eigenvalue weighted by Crippen LogP contribution is 2.48. The van der Waals surface area contributed by atoms with Gasteiger partial charge < -0.3 is 19.4 Å². The van der Waals surface area contributed by atoms with Gasteiger partial charge in [0.05, 0.1) is 0 Å². The molecule has 0 aromatic heterocycles. The Kier molecular flexibility index (Phi) is 5.74. The number of carbonyl (C=O) groups is 2. The van der Waals surface area contributed by atoms with E-state index in [1.165, 1.54) is 5.56 Å². The third kappa shape index (κ3) is 3.74. The molecule has 0 aliphatic carbocycles. The predicted molar refractivity (Wildman–Crippen MR) is 129 cm³/mol. The Bertz CT molecular complexity index is 955. The average molecular weight is 453 g/mol. The van der Waals surface area contributed by atoms with Gasteiger partial charge in [-0.1, -0.05) is 24.1 Å². The second-order valence-electron chi connectivity index (χ2n) is 10.3. The number of terminal acetylenes is 1. The highest BCUT2D eigenvalue weighted by Gasteiger charge is 2.50. The van der Waals surface area contributed by atoms with Crippen LogP contribution in [-0.2, 0) is 10.2 Å². The molecule has 4 aliphatic rings. The number of para-hydroxylation sites is 1. The van der Waals surface area contributed by atoms with Gasteiger partial charge in [-0.05, 0) is 63.2 Å². The lowest BCUT2D eigenvalue weighted by Gasteiger charge is -2.47. The van der Waals surface area contributed by atoms with Gasteiger partial charge >= 0.3 is 12.1 Å². The van der Waals surface area contributed by atoms with E-state index in [9.17, 15) is 9.59 Å². The van der Waals surface area contributed by atoms with Gasteiger partial charge in [-0.25, -0.2) is 9.59 Å². The van der Waals surface area contributed by atoms with Crippen LogP contribution in [0.5, 0.6) is 0 Å². The third-order valence-corrected chi connectivity index (χ3v) is 8.31. The number of anilines is 1. The van der Waals surface area contributed by atoms with Crippen molar-refractivity contribution in [2.75, 3.05) is 45.2 Å². The number of piperidine rings is 2. The zero-order chi connectivity index (χ0) is 23.2. The smallest absolute Gasteiger partial charge is 0.411 e. The molecule has 4 heterocycles. The summed E-state index contributed by atoms with van der Waals surface area (Å²) < 4.78 is 5.24. The first-order chi connectivity index (χ1) is 15.9. The number of carbonyl (C=O) groups excluding carboxylic acids is 2. The van der Waals surface area contributed by atoms with Crippen molar-refractivity contribution < 1.29 is 15.8 Å². The largest absolute Gasteiger partial charge is 0.436 e. The maximum atomic E-state index is 12.9. The van der Waals surface area contributed by atoms with E-state index >= 15 is 0 Å². The molecular formula is C26H36N4O3. The number of hydrogen-bond acceptors (Lipinski definition) is 4. The zero-order valence-electron chi connectivity index (χ0n) is 19.7. The lowest BCUT2D eigenvalue weighted by molar-refractivity contribution is 0.0302. The SMILES string of the molecule is C#CCOC(=O)N1C2CCC1CC(N1CCC3(CC1)CN(C(=O)N(C)C)c1ccccc13)C2.[HH]. The maximum absolute atomic E-state index is 12.9. The lowest BCUT2D eigenvalue weighted by atomic mass is 9.73. The molecule has 0 radical (unpaired) electrons. The van der Waals surface area contributed by atoms with Crippen molar-refractivity contribution in [3.05, 3.63) is 29.8 Å². The van der Waals surface area contributed by atoms with Crippen LogP contribution in [-0.4, -0.2) is 85.3 Å². The second kappa shape index (κ2) is 8.57. The van der Waals surface area contributed by atoms with E-state index in [4.69, 9.17) is 11.2 Å². The van der Waals surface area contributed by atoms with Crippen molar-refractivity contribution in [1.29, 1.82) is 0 Å². The molecule has 1 spiro atoms. The minimum Gasteiger partial charge on any atom is -0.436 e. The van der Waals surface area contributed by atoms with Crippen molar-refractivity contribution in [2.24, 2.45) is 0 Å². The molecule has 178 valence electrons. The van der Waals surface area contributed by atoms with Crippen molar-refractivity contribution in [2.45, 2.75) is 62.1 Å². The highest BCUT2D eigenvalue weighted by atomic mass is 16.6. The van der Waals surface area contributed by atoms with Gasteiger partial charge in [0.15, 0.2) is 6.61 Å². The topological polar surface area (TPSA) is 56.3 Å². The fourth-order valence-electron chi connectivity index (χ4n) is 6.71. The molecule has 7 heteroatoms. The van der Waals surface area contributed by atoms with Crippen LogP contribution in [0, 0.1) is 12.3 Å². The van der Waals surface area contributed by atoms with Gasteiger partial charge in [-0.3, -0.25) is 4.90 Å². The summed E-state index contributed by atoms with van der Waals surface area (Å²) in [6.45, 7) is 2.87. The first-order valence-electron chi connectivity index (χ1n) is 12.1. The van der Waals surface area contributed by atoms with Crippen LogP contribution < -0.4 is 4.90 Å². The van der Waals surface area contributed by atoms with Gasteiger partial charge in [0.25, 0.3) is 0 Å². The van der Waals surface area contributed by atoms with E-state index in [2.05, 4.69) is 29.0 Å². The number of likely N-dealkylation sites (tertiary alicyclic amines) is 1. The van der Waals surface area contributed by atoms with Crippen LogP contribution in [0.15, 0.2) is 24.3 Å². The number of fused-ring (bicyclic) bond motifs is 4. The standard InChI is InChI=1S/C26H34N4O3.H2/c1-4-15-33-25(32)30-19-9-10-20(30)17-21(16-19)28-13-11-26(12-14-28)18-29(24(31)27(2)3)23-8-6-5-7-22(23)26;/h1,5-8,19-21H,9-18H2,2-3H3;1H. The highest BCUT2D eigenvalue weighted by molar-refractivity contribution is 5.95. The quantitative estimate of drug-likeness (QED) is 0.644. The molecule has 0 saturated carbocycles. The number of amides is 3. The number of ether oxygens (including phenoxy) is 1. The van der Waals surface area contributed by atoms with Gasteiger partial charge in [-0.15, -0.1) is 6.42 Å². The normalized spacial score (nSPS) is 27.8. The van der Waals surface area contributed by atoms with Crippen molar-refractivity contribution in [1.82, 2.24) is 14.7 Å². The summed E-state index contributed by atoms with van der Waals surface area (Å²) in [5.41, 5.74) is 2.43. The molecule has 2 bridgehead atoms. The zero-order valence-corrected chi connectivity index (χ0v) is 19.7. The number of hydrogen-bond donors (Lipinski definition) is 0. The summed E-state index contributed by atoms with van der Waals surface area (Å²) in [7, 11) is 3.64. The predicted octanol–water partition coefficient (Wildman–Crippen LogP) is 3.53. The minimum atomic E-state index is -0.246. The maximum Gasteiger partial charge on any atom is 0.411 e. The molecule has 2 unspecified atom stereocenters. The molecular weight excluding hydrogens is 416 g/mol. The summed E-state index contributed by atoms with van der Waals surface area (Å²) in [5.74, 6) is 2.39.